The molecule has 0 spiro atoms. The van der Waals surface area contributed by atoms with Gasteiger partial charge in [0.2, 0.25) is 0 Å². The molecule has 0 saturated carbocycles. The summed E-state index contributed by atoms with van der Waals surface area (Å²) in [5.41, 5.74) is 4.08. The highest BCUT2D eigenvalue weighted by Gasteiger charge is 2.18. The number of fused-ring (bicyclic) bond motifs is 2. The maximum Gasteiger partial charge on any atom is 0.153 e. The van der Waals surface area contributed by atoms with Gasteiger partial charge in [0.05, 0.1) is 17.4 Å². The van der Waals surface area contributed by atoms with Crippen LogP contribution < -0.4 is 4.90 Å². The van der Waals surface area contributed by atoms with Crippen molar-refractivity contribution >= 4 is 28.2 Å². The van der Waals surface area contributed by atoms with Crippen molar-refractivity contribution in [3.05, 3.63) is 66.1 Å². The second kappa shape index (κ2) is 6.46. The minimum atomic E-state index is 0.335. The van der Waals surface area contributed by atoms with Crippen molar-refractivity contribution in [3.63, 3.8) is 0 Å². The van der Waals surface area contributed by atoms with Crippen LogP contribution in [-0.4, -0.2) is 38.5 Å². The van der Waals surface area contributed by atoms with E-state index in [1.807, 2.05) is 35.1 Å². The predicted octanol–water partition coefficient (Wildman–Crippen LogP) is 3.04. The van der Waals surface area contributed by atoms with Crippen molar-refractivity contribution < 1.29 is 4.79 Å². The van der Waals surface area contributed by atoms with Crippen molar-refractivity contribution in [3.8, 4) is 0 Å². The molecule has 5 rings (SSSR count). The summed E-state index contributed by atoms with van der Waals surface area (Å²) in [6.07, 6.45) is 5.65. The van der Waals surface area contributed by atoms with Crippen LogP contribution in [0.5, 0.6) is 0 Å². The number of Topliss-reactive ketones (excluding diaryl/α,β-unsaturated/α-hetero) is 1. The van der Waals surface area contributed by atoms with Gasteiger partial charge in [0.1, 0.15) is 11.6 Å². The molecule has 0 radical (unpaired) electrons. The molecule has 1 aromatic carbocycles. The fraction of sp³-hybridized carbons (Fsp3) is 0.238. The van der Waals surface area contributed by atoms with Gasteiger partial charge in [0, 0.05) is 43.9 Å². The summed E-state index contributed by atoms with van der Waals surface area (Å²) in [6, 6.07) is 14.3. The first-order valence-electron chi connectivity index (χ1n) is 9.20. The van der Waals surface area contributed by atoms with Crippen LogP contribution in [0.25, 0.3) is 16.6 Å². The third kappa shape index (κ3) is 3.03. The molecule has 3 aromatic heterocycles. The number of hydrogen-bond acceptors (Lipinski definition) is 5. The van der Waals surface area contributed by atoms with Crippen LogP contribution in [-0.2, 0) is 11.2 Å². The lowest BCUT2D eigenvalue weighted by Gasteiger charge is -2.26. The van der Waals surface area contributed by atoms with Gasteiger partial charge < -0.3 is 4.90 Å². The van der Waals surface area contributed by atoms with Gasteiger partial charge in [0.15, 0.2) is 5.65 Å². The van der Waals surface area contributed by atoms with Crippen LogP contribution in [0.4, 0.5) is 5.82 Å². The molecule has 0 amide bonds. The van der Waals surface area contributed by atoms with Crippen LogP contribution in [0, 0.1) is 0 Å². The second-order valence-electron chi connectivity index (χ2n) is 6.94. The molecule has 4 aromatic rings. The average molecular weight is 357 g/mol. The third-order valence-corrected chi connectivity index (χ3v) is 5.12. The van der Waals surface area contributed by atoms with Crippen molar-refractivity contribution in [1.82, 2.24) is 19.6 Å². The Kier molecular flexibility index (Phi) is 3.81. The molecule has 1 saturated heterocycles. The van der Waals surface area contributed by atoms with Gasteiger partial charge in [-0.25, -0.2) is 9.50 Å². The van der Waals surface area contributed by atoms with Gasteiger partial charge in [-0.15, -0.1) is 5.10 Å². The standard InChI is InChI=1S/C21H19N5O/c27-18-7-10-25(11-8-18)21-6-5-20-23-14-17(26(20)24-21)13-15-3-4-19-16(12-15)2-1-9-22-19/h1-6,9,12,14H,7-8,10-11,13H2. The summed E-state index contributed by atoms with van der Waals surface area (Å²) in [4.78, 5) is 22.5. The van der Waals surface area contributed by atoms with E-state index in [4.69, 9.17) is 5.10 Å². The van der Waals surface area contributed by atoms with Crippen LogP contribution in [0.1, 0.15) is 24.1 Å². The fourth-order valence-corrected chi connectivity index (χ4v) is 3.63. The summed E-state index contributed by atoms with van der Waals surface area (Å²) < 4.78 is 1.92. The van der Waals surface area contributed by atoms with Gasteiger partial charge in [-0.1, -0.05) is 12.1 Å². The van der Waals surface area contributed by atoms with Crippen molar-refractivity contribution in [2.45, 2.75) is 19.3 Å². The SMILES string of the molecule is O=C1CCN(c2ccc3ncc(Cc4ccc5ncccc5c4)n3n2)CC1. The number of piperidine rings is 1. The van der Waals surface area contributed by atoms with E-state index in [1.54, 1.807) is 0 Å². The summed E-state index contributed by atoms with van der Waals surface area (Å²) >= 11 is 0. The van der Waals surface area contributed by atoms with E-state index < -0.39 is 0 Å². The minimum absolute atomic E-state index is 0.335. The van der Waals surface area contributed by atoms with Crippen LogP contribution in [0.3, 0.4) is 0 Å². The number of anilines is 1. The molecule has 1 aliphatic rings. The number of ketones is 1. The summed E-state index contributed by atoms with van der Waals surface area (Å²) in [5.74, 6) is 1.23. The quantitative estimate of drug-likeness (QED) is 0.564. The smallest absolute Gasteiger partial charge is 0.153 e. The maximum absolute atomic E-state index is 11.5. The zero-order valence-electron chi connectivity index (χ0n) is 14.9. The van der Waals surface area contributed by atoms with E-state index in [2.05, 4.69) is 39.1 Å². The van der Waals surface area contributed by atoms with Gasteiger partial charge in [0.25, 0.3) is 0 Å². The van der Waals surface area contributed by atoms with E-state index in [0.29, 0.717) is 18.6 Å². The first-order chi connectivity index (χ1) is 13.3. The van der Waals surface area contributed by atoms with E-state index in [1.165, 1.54) is 5.56 Å². The van der Waals surface area contributed by atoms with E-state index in [-0.39, 0.29) is 0 Å². The Balaban J connectivity index is 1.47. The lowest BCUT2D eigenvalue weighted by atomic mass is 10.1. The Bertz CT molecular complexity index is 1140. The summed E-state index contributed by atoms with van der Waals surface area (Å²) in [6.45, 7) is 1.47. The number of imidazole rings is 1. The number of carbonyl (C=O) groups excluding carboxylic acids is 1. The maximum atomic E-state index is 11.5. The molecule has 134 valence electrons. The van der Waals surface area contributed by atoms with E-state index in [9.17, 15) is 4.79 Å². The molecule has 0 N–H and O–H groups in total. The first kappa shape index (κ1) is 15.9. The molecule has 0 unspecified atom stereocenters. The highest BCUT2D eigenvalue weighted by molar-refractivity contribution is 5.81. The highest BCUT2D eigenvalue weighted by atomic mass is 16.1. The van der Waals surface area contributed by atoms with Crippen molar-refractivity contribution in [2.75, 3.05) is 18.0 Å². The number of benzene rings is 1. The second-order valence-corrected chi connectivity index (χ2v) is 6.94. The molecule has 0 atom stereocenters. The lowest BCUT2D eigenvalue weighted by Crippen LogP contribution is -2.34. The summed E-state index contributed by atoms with van der Waals surface area (Å²) in [7, 11) is 0. The highest BCUT2D eigenvalue weighted by Crippen LogP contribution is 2.20. The van der Waals surface area contributed by atoms with Gasteiger partial charge >= 0.3 is 0 Å². The Hall–Kier alpha value is -3.28. The van der Waals surface area contributed by atoms with Crippen LogP contribution >= 0.6 is 0 Å². The van der Waals surface area contributed by atoms with Crippen molar-refractivity contribution in [1.29, 1.82) is 0 Å². The monoisotopic (exact) mass is 357 g/mol. The summed E-state index contributed by atoms with van der Waals surface area (Å²) in [5, 5.41) is 5.93. The molecule has 0 aliphatic carbocycles. The Morgan fingerprint density at radius 3 is 2.78 bits per heavy atom. The van der Waals surface area contributed by atoms with Crippen LogP contribution in [0.15, 0.2) is 54.9 Å². The lowest BCUT2D eigenvalue weighted by molar-refractivity contribution is -0.119. The molecule has 6 heteroatoms. The number of hydrogen-bond donors (Lipinski definition) is 0. The Morgan fingerprint density at radius 2 is 1.89 bits per heavy atom. The van der Waals surface area contributed by atoms with Gasteiger partial charge in [-0.3, -0.25) is 9.78 Å². The molecule has 0 bridgehead atoms. The Morgan fingerprint density at radius 1 is 1.00 bits per heavy atom. The molecule has 6 nitrogen and oxygen atoms in total. The molecule has 1 aliphatic heterocycles. The number of nitrogens with zero attached hydrogens (tertiary/aromatic N) is 5. The predicted molar refractivity (Wildman–Crippen MR) is 104 cm³/mol. The van der Waals surface area contributed by atoms with E-state index in [0.717, 1.165) is 47.6 Å². The number of pyridine rings is 1. The third-order valence-electron chi connectivity index (χ3n) is 5.12. The molecular weight excluding hydrogens is 338 g/mol. The zero-order chi connectivity index (χ0) is 18.2. The largest absolute Gasteiger partial charge is 0.354 e. The van der Waals surface area contributed by atoms with Gasteiger partial charge in [-0.05, 0) is 35.9 Å². The minimum Gasteiger partial charge on any atom is -0.354 e. The molecule has 27 heavy (non-hydrogen) atoms. The average Bonchev–Trinajstić information content (AvgIpc) is 3.10. The molecule has 1 fully saturated rings. The Labute approximate surface area is 156 Å². The first-order valence-corrected chi connectivity index (χ1v) is 9.20. The normalized spacial score (nSPS) is 15.0. The van der Waals surface area contributed by atoms with Crippen LogP contribution in [0.2, 0.25) is 0 Å². The molecular formula is C21H19N5O. The topological polar surface area (TPSA) is 63.4 Å². The van der Waals surface area contributed by atoms with E-state index >= 15 is 0 Å². The fourth-order valence-electron chi connectivity index (χ4n) is 3.63. The number of aromatic nitrogens is 4. The molecule has 4 heterocycles. The number of rotatable bonds is 3. The van der Waals surface area contributed by atoms with Crippen molar-refractivity contribution in [2.24, 2.45) is 0 Å². The number of carbonyl (C=O) groups is 1. The van der Waals surface area contributed by atoms with Gasteiger partial charge in [-0.2, -0.15) is 0 Å². The zero-order valence-corrected chi connectivity index (χ0v) is 14.9.